The molecule has 3 aromatic carbocycles. The van der Waals surface area contributed by atoms with Crippen molar-refractivity contribution in [2.75, 3.05) is 11.9 Å². The second kappa shape index (κ2) is 11.5. The van der Waals surface area contributed by atoms with Crippen LogP contribution in [0, 0.1) is 0 Å². The first kappa shape index (κ1) is 21.3. The SMILES string of the molecule is O=C(/C=C/c1ccccc1)NC(=S)Nc1ccccc1OCCCc1ccccc1. The third kappa shape index (κ3) is 7.18. The summed E-state index contributed by atoms with van der Waals surface area (Å²) in [5.41, 5.74) is 2.95. The standard InChI is InChI=1S/C25H24N2O2S/c28-24(18-17-21-12-5-2-6-13-21)27-25(30)26-22-15-7-8-16-23(22)29-19-9-14-20-10-3-1-4-11-20/h1-8,10-13,15-18H,9,14,19H2,(H2,26,27,28,30)/b18-17+. The fraction of sp³-hybridized carbons (Fsp3) is 0.120. The van der Waals surface area contributed by atoms with Crippen LogP contribution in [0.25, 0.3) is 6.08 Å². The number of para-hydroxylation sites is 2. The summed E-state index contributed by atoms with van der Waals surface area (Å²) in [7, 11) is 0. The van der Waals surface area contributed by atoms with E-state index in [1.165, 1.54) is 11.6 Å². The number of thiocarbonyl (C=S) groups is 1. The molecule has 1 amide bonds. The molecular weight excluding hydrogens is 392 g/mol. The first-order valence-corrected chi connectivity index (χ1v) is 10.2. The van der Waals surface area contributed by atoms with E-state index in [0.717, 1.165) is 24.1 Å². The van der Waals surface area contributed by atoms with Gasteiger partial charge in [0.05, 0.1) is 12.3 Å². The number of hydrogen-bond acceptors (Lipinski definition) is 3. The lowest BCUT2D eigenvalue weighted by molar-refractivity contribution is -0.115. The summed E-state index contributed by atoms with van der Waals surface area (Å²) in [6.07, 6.45) is 5.06. The summed E-state index contributed by atoms with van der Waals surface area (Å²) < 4.78 is 5.92. The largest absolute Gasteiger partial charge is 0.491 e. The third-order valence-corrected chi connectivity index (χ3v) is 4.51. The highest BCUT2D eigenvalue weighted by Gasteiger charge is 2.07. The molecule has 0 saturated carbocycles. The van der Waals surface area contributed by atoms with E-state index in [4.69, 9.17) is 17.0 Å². The van der Waals surface area contributed by atoms with Gasteiger partial charge < -0.3 is 10.1 Å². The van der Waals surface area contributed by atoms with Crippen molar-refractivity contribution in [3.8, 4) is 5.75 Å². The van der Waals surface area contributed by atoms with Gasteiger partial charge in [0.1, 0.15) is 5.75 Å². The van der Waals surface area contributed by atoms with Gasteiger partial charge in [-0.1, -0.05) is 72.8 Å². The fourth-order valence-electron chi connectivity index (χ4n) is 2.84. The van der Waals surface area contributed by atoms with Gasteiger partial charge >= 0.3 is 0 Å². The van der Waals surface area contributed by atoms with Gasteiger partial charge in [0.15, 0.2) is 5.11 Å². The lowest BCUT2D eigenvalue weighted by Crippen LogP contribution is -2.32. The summed E-state index contributed by atoms with van der Waals surface area (Å²) in [6.45, 7) is 0.590. The zero-order chi connectivity index (χ0) is 21.0. The number of carbonyl (C=O) groups is 1. The Morgan fingerprint density at radius 2 is 1.57 bits per heavy atom. The Morgan fingerprint density at radius 1 is 0.900 bits per heavy atom. The lowest BCUT2D eigenvalue weighted by Gasteiger charge is -2.14. The molecule has 0 aromatic heterocycles. The van der Waals surface area contributed by atoms with Crippen LogP contribution in [0.4, 0.5) is 5.69 Å². The molecule has 0 heterocycles. The first-order valence-electron chi connectivity index (χ1n) is 9.81. The predicted octanol–water partition coefficient (Wildman–Crippen LogP) is 5.22. The van der Waals surface area contributed by atoms with Gasteiger partial charge in [0.2, 0.25) is 5.91 Å². The molecule has 0 aliphatic heterocycles. The van der Waals surface area contributed by atoms with E-state index in [0.29, 0.717) is 12.4 Å². The van der Waals surface area contributed by atoms with E-state index < -0.39 is 0 Å². The number of carbonyl (C=O) groups excluding carboxylic acids is 1. The fourth-order valence-corrected chi connectivity index (χ4v) is 3.05. The average molecular weight is 417 g/mol. The normalized spacial score (nSPS) is 10.5. The summed E-state index contributed by atoms with van der Waals surface area (Å²) in [5.74, 6) is 0.402. The van der Waals surface area contributed by atoms with Gasteiger partial charge in [0, 0.05) is 6.08 Å². The van der Waals surface area contributed by atoms with E-state index in [1.807, 2.05) is 72.8 Å². The number of hydrogen-bond donors (Lipinski definition) is 2. The van der Waals surface area contributed by atoms with Gasteiger partial charge in [-0.15, -0.1) is 0 Å². The van der Waals surface area contributed by atoms with E-state index in [2.05, 4.69) is 22.8 Å². The molecule has 152 valence electrons. The van der Waals surface area contributed by atoms with Crippen LogP contribution in [-0.4, -0.2) is 17.6 Å². The second-order valence-corrected chi connectivity index (χ2v) is 7.03. The smallest absolute Gasteiger partial charge is 0.250 e. The minimum atomic E-state index is -0.294. The van der Waals surface area contributed by atoms with Crippen molar-refractivity contribution in [1.29, 1.82) is 0 Å². The molecule has 0 radical (unpaired) electrons. The van der Waals surface area contributed by atoms with Crippen LogP contribution < -0.4 is 15.4 Å². The number of ether oxygens (including phenoxy) is 1. The Labute approximate surface area is 182 Å². The van der Waals surface area contributed by atoms with Crippen LogP contribution in [0.2, 0.25) is 0 Å². The summed E-state index contributed by atoms with van der Waals surface area (Å²) in [5, 5.41) is 5.91. The van der Waals surface area contributed by atoms with E-state index >= 15 is 0 Å². The molecular formula is C25H24N2O2S. The quantitative estimate of drug-likeness (QED) is 0.300. The Hall–Kier alpha value is -3.44. The summed E-state index contributed by atoms with van der Waals surface area (Å²) in [4.78, 5) is 12.1. The van der Waals surface area contributed by atoms with Crippen molar-refractivity contribution in [3.05, 3.63) is 102 Å². The zero-order valence-electron chi connectivity index (χ0n) is 16.6. The Morgan fingerprint density at radius 3 is 2.33 bits per heavy atom. The lowest BCUT2D eigenvalue weighted by atomic mass is 10.1. The molecule has 3 rings (SSSR count). The van der Waals surface area contributed by atoms with Crippen molar-refractivity contribution in [2.45, 2.75) is 12.8 Å². The van der Waals surface area contributed by atoms with Crippen LogP contribution >= 0.6 is 12.2 Å². The number of rotatable bonds is 8. The Bertz CT molecular complexity index is 988. The Balaban J connectivity index is 1.48. The van der Waals surface area contributed by atoms with Crippen molar-refractivity contribution in [2.24, 2.45) is 0 Å². The van der Waals surface area contributed by atoms with Gasteiger partial charge in [-0.3, -0.25) is 10.1 Å². The molecule has 0 aliphatic carbocycles. The maximum Gasteiger partial charge on any atom is 0.250 e. The van der Waals surface area contributed by atoms with E-state index in [-0.39, 0.29) is 11.0 Å². The summed E-state index contributed by atoms with van der Waals surface area (Å²) >= 11 is 5.27. The van der Waals surface area contributed by atoms with Crippen LogP contribution in [0.5, 0.6) is 5.75 Å². The molecule has 30 heavy (non-hydrogen) atoms. The third-order valence-electron chi connectivity index (χ3n) is 4.31. The second-order valence-electron chi connectivity index (χ2n) is 6.62. The molecule has 0 spiro atoms. The topological polar surface area (TPSA) is 50.4 Å². The van der Waals surface area contributed by atoms with Gasteiger partial charge in [-0.25, -0.2) is 0 Å². The number of benzene rings is 3. The molecule has 0 atom stereocenters. The van der Waals surface area contributed by atoms with Crippen molar-refractivity contribution in [3.63, 3.8) is 0 Å². The van der Waals surface area contributed by atoms with Crippen LogP contribution in [0.15, 0.2) is 91.0 Å². The minimum Gasteiger partial charge on any atom is -0.491 e. The van der Waals surface area contributed by atoms with Gasteiger partial charge in [-0.2, -0.15) is 0 Å². The number of amides is 1. The van der Waals surface area contributed by atoms with E-state index in [9.17, 15) is 4.79 Å². The van der Waals surface area contributed by atoms with Gasteiger partial charge in [0.25, 0.3) is 0 Å². The van der Waals surface area contributed by atoms with Crippen LogP contribution in [-0.2, 0) is 11.2 Å². The predicted molar refractivity (Wildman–Crippen MR) is 127 cm³/mol. The van der Waals surface area contributed by atoms with Crippen molar-refractivity contribution < 1.29 is 9.53 Å². The average Bonchev–Trinajstić information content (AvgIpc) is 2.78. The van der Waals surface area contributed by atoms with Crippen molar-refractivity contribution >= 4 is 35.0 Å². The molecule has 0 bridgehead atoms. The molecule has 3 aromatic rings. The molecule has 5 heteroatoms. The zero-order valence-corrected chi connectivity index (χ0v) is 17.4. The highest BCUT2D eigenvalue weighted by molar-refractivity contribution is 7.80. The number of anilines is 1. The molecule has 0 saturated heterocycles. The van der Waals surface area contributed by atoms with Gasteiger partial charge in [-0.05, 0) is 54.4 Å². The minimum absolute atomic E-state index is 0.220. The van der Waals surface area contributed by atoms with Crippen LogP contribution in [0.1, 0.15) is 17.5 Å². The maximum absolute atomic E-state index is 12.1. The number of nitrogens with one attached hydrogen (secondary N) is 2. The highest BCUT2D eigenvalue weighted by Crippen LogP contribution is 2.24. The first-order chi connectivity index (χ1) is 14.7. The molecule has 0 unspecified atom stereocenters. The molecule has 2 N–H and O–H groups in total. The highest BCUT2D eigenvalue weighted by atomic mass is 32.1. The molecule has 4 nitrogen and oxygen atoms in total. The van der Waals surface area contributed by atoms with Crippen LogP contribution in [0.3, 0.4) is 0 Å². The molecule has 0 fully saturated rings. The summed E-state index contributed by atoms with van der Waals surface area (Å²) in [6, 6.07) is 27.5. The molecule has 0 aliphatic rings. The van der Waals surface area contributed by atoms with E-state index in [1.54, 1.807) is 6.08 Å². The Kier molecular flexibility index (Phi) is 8.18. The van der Waals surface area contributed by atoms with Crippen molar-refractivity contribution in [1.82, 2.24) is 5.32 Å². The maximum atomic E-state index is 12.1. The number of aryl methyl sites for hydroxylation is 1. The monoisotopic (exact) mass is 416 g/mol.